The van der Waals surface area contributed by atoms with Crippen molar-refractivity contribution in [3.63, 3.8) is 0 Å². The summed E-state index contributed by atoms with van der Waals surface area (Å²) < 4.78 is 6.81. The summed E-state index contributed by atoms with van der Waals surface area (Å²) in [7, 11) is 0. The number of Topliss-reactive ketones (excluding diaryl/α,β-unsaturated/α-hetero) is 1. The van der Waals surface area contributed by atoms with Crippen molar-refractivity contribution in [2.24, 2.45) is 0 Å². The Bertz CT molecular complexity index is 1880. The van der Waals surface area contributed by atoms with Crippen LogP contribution in [0.15, 0.2) is 106 Å². The molecule has 1 N–H and O–H groups in total. The third-order valence-electron chi connectivity index (χ3n) is 7.16. The predicted molar refractivity (Wildman–Crippen MR) is 159 cm³/mol. The van der Waals surface area contributed by atoms with Gasteiger partial charge >= 0.3 is 5.63 Å². The van der Waals surface area contributed by atoms with E-state index in [0.29, 0.717) is 11.0 Å². The van der Waals surface area contributed by atoms with Gasteiger partial charge in [-0.1, -0.05) is 96.6 Å². The molecule has 0 saturated carbocycles. The summed E-state index contributed by atoms with van der Waals surface area (Å²) in [6, 6.07) is 31.6. The van der Waals surface area contributed by atoms with E-state index in [-0.39, 0.29) is 23.5 Å². The lowest BCUT2D eigenvalue weighted by atomic mass is 9.87. The maximum atomic E-state index is 13.5. The summed E-state index contributed by atoms with van der Waals surface area (Å²) in [5.41, 5.74) is 4.99. The van der Waals surface area contributed by atoms with Gasteiger partial charge in [-0.3, -0.25) is 4.79 Å². The Morgan fingerprint density at radius 2 is 1.49 bits per heavy atom. The number of carbonyl (C=O) groups is 1. The summed E-state index contributed by atoms with van der Waals surface area (Å²) >= 11 is 1.55. The van der Waals surface area contributed by atoms with Crippen molar-refractivity contribution >= 4 is 38.2 Å². The molecular formula is C34H26O4S. The molecule has 1 unspecified atom stereocenters. The number of hydrogen-bond acceptors (Lipinski definition) is 5. The zero-order chi connectivity index (χ0) is 27.1. The van der Waals surface area contributed by atoms with Crippen LogP contribution in [0.25, 0.3) is 42.6 Å². The molecule has 1 atom stereocenters. The second-order valence-corrected chi connectivity index (χ2v) is 10.9. The zero-order valence-corrected chi connectivity index (χ0v) is 22.4. The van der Waals surface area contributed by atoms with Crippen LogP contribution in [0.5, 0.6) is 5.75 Å². The summed E-state index contributed by atoms with van der Waals surface area (Å²) in [5, 5.41) is 12.9. The highest BCUT2D eigenvalue weighted by atomic mass is 32.1. The minimum atomic E-state index is -0.630. The van der Waals surface area contributed by atoms with E-state index >= 15 is 0 Å². The van der Waals surface area contributed by atoms with E-state index in [1.807, 2.05) is 60.7 Å². The minimum absolute atomic E-state index is 0.0771. The summed E-state index contributed by atoms with van der Waals surface area (Å²) in [6.07, 6.45) is 0.0881. The Morgan fingerprint density at radius 3 is 2.15 bits per heavy atom. The topological polar surface area (TPSA) is 67.5 Å². The van der Waals surface area contributed by atoms with Crippen LogP contribution in [0.3, 0.4) is 0 Å². The number of benzene rings is 4. The second-order valence-electron chi connectivity index (χ2n) is 9.88. The average Bonchev–Trinajstić information content (AvgIpc) is 3.34. The molecule has 0 saturated heterocycles. The molecule has 4 nitrogen and oxygen atoms in total. The minimum Gasteiger partial charge on any atom is -0.507 e. The van der Waals surface area contributed by atoms with Gasteiger partial charge in [0.05, 0.1) is 15.6 Å². The first kappa shape index (κ1) is 24.8. The number of rotatable bonds is 6. The summed E-state index contributed by atoms with van der Waals surface area (Å²) in [4.78, 5) is 26.8. The van der Waals surface area contributed by atoms with Crippen molar-refractivity contribution < 1.29 is 14.3 Å². The van der Waals surface area contributed by atoms with Gasteiger partial charge in [-0.25, -0.2) is 4.79 Å². The third kappa shape index (κ3) is 4.45. The first-order chi connectivity index (χ1) is 18.9. The summed E-state index contributed by atoms with van der Waals surface area (Å²) in [6.45, 7) is 3.55. The van der Waals surface area contributed by atoms with Crippen molar-refractivity contribution in [3.05, 3.63) is 124 Å². The number of carbonyl (C=O) groups excluding carboxylic acids is 1. The molecule has 192 valence electrons. The number of ketones is 1. The molecule has 2 heterocycles. The van der Waals surface area contributed by atoms with Crippen LogP contribution in [0, 0.1) is 6.92 Å². The Hall–Kier alpha value is -4.48. The first-order valence-electron chi connectivity index (χ1n) is 12.8. The maximum Gasteiger partial charge on any atom is 0.343 e. The molecule has 0 fully saturated rings. The lowest BCUT2D eigenvalue weighted by Crippen LogP contribution is -2.16. The van der Waals surface area contributed by atoms with Gasteiger partial charge < -0.3 is 9.52 Å². The molecule has 4 aromatic carbocycles. The van der Waals surface area contributed by atoms with E-state index < -0.39 is 11.5 Å². The smallest absolute Gasteiger partial charge is 0.343 e. The van der Waals surface area contributed by atoms with Crippen molar-refractivity contribution in [3.8, 4) is 27.3 Å². The molecule has 0 aliphatic rings. The average molecular weight is 531 g/mol. The molecule has 0 spiro atoms. The predicted octanol–water partition coefficient (Wildman–Crippen LogP) is 8.47. The quantitative estimate of drug-likeness (QED) is 0.219. The maximum absolute atomic E-state index is 13.5. The van der Waals surface area contributed by atoms with Crippen LogP contribution in [0.1, 0.15) is 36.0 Å². The molecule has 0 aliphatic heterocycles. The highest BCUT2D eigenvalue weighted by molar-refractivity contribution is 7.24. The van der Waals surface area contributed by atoms with Crippen LogP contribution in [-0.2, 0) is 4.79 Å². The van der Waals surface area contributed by atoms with Crippen LogP contribution in [0.2, 0.25) is 0 Å². The first-order valence-corrected chi connectivity index (χ1v) is 13.7. The Kier molecular flexibility index (Phi) is 6.37. The van der Waals surface area contributed by atoms with Crippen LogP contribution >= 0.6 is 11.3 Å². The second kappa shape index (κ2) is 10.0. The standard InChI is InChI=1S/C34H26O4S/c1-20-13-15-23(16-14-20)28-25-17-18-26-30(36)29(27(19-21(2)35)22-9-5-3-6-10-22)34(37)38-31(26)33(25)39-32(28)24-11-7-4-8-12-24/h3-18,27,36H,19H2,1-2H3. The fourth-order valence-corrected chi connectivity index (χ4v) is 6.59. The molecule has 0 bridgehead atoms. The molecule has 6 rings (SSSR count). The van der Waals surface area contributed by atoms with Crippen molar-refractivity contribution in [2.75, 3.05) is 0 Å². The Labute approximate surface area is 229 Å². The molecule has 0 amide bonds. The van der Waals surface area contributed by atoms with Crippen molar-refractivity contribution in [2.45, 2.75) is 26.2 Å². The highest BCUT2D eigenvalue weighted by Crippen LogP contribution is 2.48. The van der Waals surface area contributed by atoms with Gasteiger partial charge in [0.15, 0.2) is 5.58 Å². The van der Waals surface area contributed by atoms with Gasteiger partial charge in [-0.2, -0.15) is 0 Å². The van der Waals surface area contributed by atoms with Gasteiger partial charge in [0.1, 0.15) is 11.5 Å². The largest absolute Gasteiger partial charge is 0.507 e. The van der Waals surface area contributed by atoms with Gasteiger partial charge in [-0.15, -0.1) is 11.3 Å². The fraction of sp³-hybridized carbons (Fsp3) is 0.118. The van der Waals surface area contributed by atoms with E-state index in [2.05, 4.69) is 43.3 Å². The van der Waals surface area contributed by atoms with Crippen LogP contribution in [0.4, 0.5) is 0 Å². The van der Waals surface area contributed by atoms with E-state index in [0.717, 1.165) is 37.2 Å². The lowest BCUT2D eigenvalue weighted by Gasteiger charge is -2.17. The van der Waals surface area contributed by atoms with Crippen LogP contribution in [-0.4, -0.2) is 10.9 Å². The Morgan fingerprint density at radius 1 is 0.846 bits per heavy atom. The SMILES string of the molecule is CC(=O)CC(c1ccccc1)c1c(O)c2ccc3c(-c4ccc(C)cc4)c(-c4ccccc4)sc3c2oc1=O. The molecule has 2 aromatic heterocycles. The number of fused-ring (bicyclic) bond motifs is 3. The van der Waals surface area contributed by atoms with Gasteiger partial charge in [-0.05, 0) is 36.6 Å². The molecular weight excluding hydrogens is 504 g/mol. The monoisotopic (exact) mass is 530 g/mol. The molecule has 0 aliphatic carbocycles. The van der Waals surface area contributed by atoms with Crippen LogP contribution < -0.4 is 5.63 Å². The van der Waals surface area contributed by atoms with E-state index in [1.54, 1.807) is 11.3 Å². The molecule has 5 heteroatoms. The normalized spacial score (nSPS) is 12.2. The highest BCUT2D eigenvalue weighted by Gasteiger charge is 2.27. The molecule has 39 heavy (non-hydrogen) atoms. The fourth-order valence-electron chi connectivity index (χ4n) is 5.28. The Balaban J connectivity index is 1.64. The zero-order valence-electron chi connectivity index (χ0n) is 21.6. The van der Waals surface area contributed by atoms with E-state index in [4.69, 9.17) is 4.42 Å². The number of thiophene rings is 1. The third-order valence-corrected chi connectivity index (χ3v) is 8.41. The van der Waals surface area contributed by atoms with E-state index in [9.17, 15) is 14.7 Å². The molecule has 0 radical (unpaired) electrons. The molecule has 6 aromatic rings. The van der Waals surface area contributed by atoms with Crippen molar-refractivity contribution in [1.82, 2.24) is 0 Å². The number of hydrogen-bond donors (Lipinski definition) is 1. The van der Waals surface area contributed by atoms with Crippen molar-refractivity contribution in [1.29, 1.82) is 0 Å². The number of aryl methyl sites for hydroxylation is 1. The van der Waals surface area contributed by atoms with Gasteiger partial charge in [0, 0.05) is 28.2 Å². The summed E-state index contributed by atoms with van der Waals surface area (Å²) in [5.74, 6) is -0.817. The van der Waals surface area contributed by atoms with Gasteiger partial charge in [0.25, 0.3) is 0 Å². The van der Waals surface area contributed by atoms with E-state index in [1.165, 1.54) is 12.5 Å². The lowest BCUT2D eigenvalue weighted by molar-refractivity contribution is -0.117. The number of aromatic hydroxyl groups is 1. The van der Waals surface area contributed by atoms with Gasteiger partial charge in [0.2, 0.25) is 0 Å².